The second-order valence-corrected chi connectivity index (χ2v) is 7.43. The van der Waals surface area contributed by atoms with E-state index in [2.05, 4.69) is 6.92 Å². The number of nitrogens with two attached hydrogens (primary N) is 1. The van der Waals surface area contributed by atoms with Crippen LogP contribution in [0.2, 0.25) is 0 Å². The van der Waals surface area contributed by atoms with Gasteiger partial charge in [-0.15, -0.1) is 0 Å². The molecule has 2 aliphatic rings. The van der Waals surface area contributed by atoms with Gasteiger partial charge in [0.05, 0.1) is 12.6 Å². The summed E-state index contributed by atoms with van der Waals surface area (Å²) in [6.07, 6.45) is 4.26. The van der Waals surface area contributed by atoms with Crippen LogP contribution < -0.4 is 5.73 Å². The maximum Gasteiger partial charge on any atom is 0.184 e. The quantitative estimate of drug-likeness (QED) is 0.642. The first kappa shape index (κ1) is 20.7. The summed E-state index contributed by atoms with van der Waals surface area (Å²) >= 11 is 0. The molecule has 0 radical (unpaired) electrons. The van der Waals surface area contributed by atoms with Gasteiger partial charge in [0.2, 0.25) is 0 Å². The van der Waals surface area contributed by atoms with E-state index in [0.29, 0.717) is 13.2 Å². The van der Waals surface area contributed by atoms with Crippen LogP contribution >= 0.6 is 0 Å². The number of fused-ring (bicyclic) bond motifs is 1. The molecule has 27 heavy (non-hydrogen) atoms. The van der Waals surface area contributed by atoms with Gasteiger partial charge in [-0.25, -0.2) is 0 Å². The van der Waals surface area contributed by atoms with Gasteiger partial charge in [0.1, 0.15) is 18.3 Å². The van der Waals surface area contributed by atoms with Crippen molar-refractivity contribution in [3.8, 4) is 0 Å². The van der Waals surface area contributed by atoms with E-state index in [-0.39, 0.29) is 6.10 Å². The van der Waals surface area contributed by atoms with Gasteiger partial charge >= 0.3 is 0 Å². The second-order valence-electron chi connectivity index (χ2n) is 7.43. The highest BCUT2D eigenvalue weighted by molar-refractivity contribution is 5.16. The van der Waals surface area contributed by atoms with Crippen molar-refractivity contribution in [1.82, 2.24) is 0 Å². The lowest BCUT2D eigenvalue weighted by Crippen LogP contribution is -2.65. The Morgan fingerprint density at radius 3 is 2.59 bits per heavy atom. The topological polar surface area (TPSA) is 83.2 Å². The predicted octanol–water partition coefficient (Wildman–Crippen LogP) is 2.89. The number of benzene rings is 1. The summed E-state index contributed by atoms with van der Waals surface area (Å²) in [5.41, 5.74) is 7.09. The summed E-state index contributed by atoms with van der Waals surface area (Å²) in [5.74, 6) is 0. The van der Waals surface area contributed by atoms with Crippen LogP contribution in [0.25, 0.3) is 0 Å². The molecular formula is C21H33NO5. The van der Waals surface area contributed by atoms with E-state index in [1.165, 1.54) is 25.7 Å². The third kappa shape index (κ3) is 5.50. The van der Waals surface area contributed by atoms with Gasteiger partial charge < -0.3 is 29.8 Å². The van der Waals surface area contributed by atoms with E-state index < -0.39 is 30.8 Å². The second kappa shape index (κ2) is 10.5. The maximum absolute atomic E-state index is 10.6. The van der Waals surface area contributed by atoms with Crippen molar-refractivity contribution in [2.24, 2.45) is 5.73 Å². The molecule has 1 aromatic rings. The van der Waals surface area contributed by atoms with Crippen molar-refractivity contribution in [2.75, 3.05) is 13.2 Å². The van der Waals surface area contributed by atoms with Gasteiger partial charge in [0.25, 0.3) is 0 Å². The molecule has 2 fully saturated rings. The normalized spacial score (nSPS) is 33.6. The number of unbranched alkanes of at least 4 members (excludes halogenated alkanes) is 5. The molecule has 6 nitrogen and oxygen atoms in total. The molecule has 0 aliphatic carbocycles. The maximum atomic E-state index is 10.6. The van der Waals surface area contributed by atoms with Crippen molar-refractivity contribution >= 4 is 0 Å². The minimum atomic E-state index is -0.853. The first-order chi connectivity index (χ1) is 13.2. The van der Waals surface area contributed by atoms with Crippen molar-refractivity contribution in [3.05, 3.63) is 35.9 Å². The zero-order chi connectivity index (χ0) is 19.1. The smallest absolute Gasteiger partial charge is 0.184 e. The fourth-order valence-electron chi connectivity index (χ4n) is 3.62. The van der Waals surface area contributed by atoms with Gasteiger partial charge in [-0.1, -0.05) is 69.4 Å². The summed E-state index contributed by atoms with van der Waals surface area (Å²) in [7, 11) is 0. The van der Waals surface area contributed by atoms with Crippen molar-refractivity contribution in [2.45, 2.75) is 82.4 Å². The Morgan fingerprint density at radius 1 is 1.07 bits per heavy atom. The first-order valence-corrected chi connectivity index (χ1v) is 10.2. The van der Waals surface area contributed by atoms with Crippen molar-refractivity contribution in [3.63, 3.8) is 0 Å². The zero-order valence-electron chi connectivity index (χ0n) is 16.2. The Kier molecular flexibility index (Phi) is 8.06. The molecule has 152 valence electrons. The average molecular weight is 379 g/mol. The molecule has 6 heteroatoms. The largest absolute Gasteiger partial charge is 0.388 e. The Morgan fingerprint density at radius 2 is 1.81 bits per heavy atom. The predicted molar refractivity (Wildman–Crippen MR) is 102 cm³/mol. The van der Waals surface area contributed by atoms with Gasteiger partial charge in [0.15, 0.2) is 12.6 Å². The van der Waals surface area contributed by atoms with E-state index >= 15 is 0 Å². The summed E-state index contributed by atoms with van der Waals surface area (Å²) in [4.78, 5) is 0. The number of hydrogen-bond acceptors (Lipinski definition) is 6. The molecule has 0 spiro atoms. The van der Waals surface area contributed by atoms with Crippen LogP contribution in [-0.2, 0) is 18.9 Å². The highest BCUT2D eigenvalue weighted by Gasteiger charge is 2.48. The molecule has 3 rings (SSSR count). The summed E-state index contributed by atoms with van der Waals surface area (Å²) in [6.45, 7) is 3.14. The van der Waals surface area contributed by atoms with E-state index in [4.69, 9.17) is 24.7 Å². The van der Waals surface area contributed by atoms with Crippen LogP contribution in [0.15, 0.2) is 30.3 Å². The number of ether oxygens (including phenoxy) is 4. The number of aliphatic hydroxyl groups is 1. The Hall–Kier alpha value is -1.02. The molecule has 0 saturated carbocycles. The third-order valence-electron chi connectivity index (χ3n) is 5.26. The minimum Gasteiger partial charge on any atom is -0.388 e. The highest BCUT2D eigenvalue weighted by Crippen LogP contribution is 2.33. The lowest BCUT2D eigenvalue weighted by molar-refractivity contribution is -0.342. The van der Waals surface area contributed by atoms with Gasteiger partial charge in [-0.05, 0) is 6.42 Å². The molecule has 0 aromatic heterocycles. The Labute approximate surface area is 161 Å². The van der Waals surface area contributed by atoms with Crippen LogP contribution in [0.3, 0.4) is 0 Å². The molecular weight excluding hydrogens is 346 g/mol. The molecule has 1 aromatic carbocycles. The van der Waals surface area contributed by atoms with E-state index in [9.17, 15) is 5.11 Å². The van der Waals surface area contributed by atoms with Gasteiger partial charge in [-0.3, -0.25) is 0 Å². The number of rotatable bonds is 9. The van der Waals surface area contributed by atoms with Crippen molar-refractivity contribution < 1.29 is 24.1 Å². The van der Waals surface area contributed by atoms with Crippen LogP contribution in [0.1, 0.15) is 57.3 Å². The lowest BCUT2D eigenvalue weighted by Gasteiger charge is -2.46. The average Bonchev–Trinajstić information content (AvgIpc) is 2.71. The van der Waals surface area contributed by atoms with Crippen LogP contribution in [0.4, 0.5) is 0 Å². The highest BCUT2D eigenvalue weighted by atomic mass is 16.7. The van der Waals surface area contributed by atoms with E-state index in [1.54, 1.807) is 0 Å². The monoisotopic (exact) mass is 379 g/mol. The van der Waals surface area contributed by atoms with Crippen LogP contribution in [0.5, 0.6) is 0 Å². The molecule has 3 N–H and O–H groups in total. The minimum absolute atomic E-state index is 0.338. The summed E-state index contributed by atoms with van der Waals surface area (Å²) in [6, 6.07) is 9.04. The lowest BCUT2D eigenvalue weighted by atomic mass is 9.96. The fraction of sp³-hybridized carbons (Fsp3) is 0.714. The van der Waals surface area contributed by atoms with E-state index in [1.807, 2.05) is 30.3 Å². The summed E-state index contributed by atoms with van der Waals surface area (Å²) in [5, 5.41) is 10.6. The number of hydrogen-bond donors (Lipinski definition) is 2. The van der Waals surface area contributed by atoms with Crippen LogP contribution in [-0.4, -0.2) is 49.0 Å². The van der Waals surface area contributed by atoms with Crippen LogP contribution in [0, 0.1) is 0 Å². The molecule has 0 amide bonds. The van der Waals surface area contributed by atoms with Gasteiger partial charge in [0, 0.05) is 12.2 Å². The SMILES string of the molecule is CCCCCCCCO[C@@H]1O[C@@H]2COC(c3ccccc3)O[C@H]2[C@H](O)[C@H]1N. The third-order valence-corrected chi connectivity index (χ3v) is 5.26. The molecule has 0 bridgehead atoms. The van der Waals surface area contributed by atoms with Crippen molar-refractivity contribution in [1.29, 1.82) is 0 Å². The molecule has 2 aliphatic heterocycles. The molecule has 6 atom stereocenters. The fourth-order valence-corrected chi connectivity index (χ4v) is 3.62. The van der Waals surface area contributed by atoms with Gasteiger partial charge in [-0.2, -0.15) is 0 Å². The zero-order valence-corrected chi connectivity index (χ0v) is 16.2. The standard InChI is InChI=1S/C21H33NO5/c1-2-3-4-5-6-10-13-24-21-17(22)18(23)19-16(26-21)14-25-20(27-19)15-11-8-7-9-12-15/h7-9,11-12,16-21,23H,2-6,10,13-14,22H2,1H3/t16-,17-,18-,19-,20?,21-/m1/s1. The molecule has 2 saturated heterocycles. The number of aliphatic hydroxyl groups excluding tert-OH is 1. The molecule has 2 heterocycles. The Bertz CT molecular complexity index is 541. The Balaban J connectivity index is 1.46. The summed E-state index contributed by atoms with van der Waals surface area (Å²) < 4.78 is 23.5. The first-order valence-electron chi connectivity index (χ1n) is 10.2. The molecule has 1 unspecified atom stereocenters. The van der Waals surface area contributed by atoms with E-state index in [0.717, 1.165) is 18.4 Å².